The molecule has 0 spiro atoms. The van der Waals surface area contributed by atoms with E-state index >= 15 is 0 Å². The van der Waals surface area contributed by atoms with E-state index in [1.807, 2.05) is 43.3 Å². The maximum atomic E-state index is 11.8. The second-order valence-corrected chi connectivity index (χ2v) is 5.53. The Hall–Kier alpha value is -2.07. The van der Waals surface area contributed by atoms with E-state index in [-0.39, 0.29) is 11.9 Å². The highest BCUT2D eigenvalue weighted by atomic mass is 35.5. The molecule has 1 aromatic heterocycles. The molecule has 0 unspecified atom stereocenters. The Labute approximate surface area is 128 Å². The molecule has 1 aromatic carbocycles. The van der Waals surface area contributed by atoms with Crippen molar-refractivity contribution in [1.29, 1.82) is 0 Å². The van der Waals surface area contributed by atoms with E-state index in [9.17, 15) is 4.79 Å². The van der Waals surface area contributed by atoms with Gasteiger partial charge in [-0.05, 0) is 36.8 Å². The molecule has 0 aliphatic carbocycles. The fourth-order valence-corrected chi connectivity index (χ4v) is 2.61. The fraction of sp³-hybridized carbons (Fsp3) is 0.250. The molecule has 0 radical (unpaired) electrons. The summed E-state index contributed by atoms with van der Waals surface area (Å²) in [4.78, 5) is 11.8. The van der Waals surface area contributed by atoms with E-state index in [1.54, 1.807) is 0 Å². The van der Waals surface area contributed by atoms with E-state index in [2.05, 4.69) is 5.10 Å². The predicted octanol–water partition coefficient (Wildman–Crippen LogP) is 3.94. The molecule has 0 saturated heterocycles. The van der Waals surface area contributed by atoms with Crippen molar-refractivity contribution in [2.75, 3.05) is 0 Å². The molecule has 108 valence electrons. The number of amides is 1. The molecule has 4 nitrogen and oxygen atoms in total. The number of halogens is 1. The minimum atomic E-state index is -0.111. The van der Waals surface area contributed by atoms with Gasteiger partial charge in [-0.2, -0.15) is 5.10 Å². The van der Waals surface area contributed by atoms with Crippen molar-refractivity contribution in [2.24, 2.45) is 5.10 Å². The highest BCUT2D eigenvalue weighted by Gasteiger charge is 2.32. The van der Waals surface area contributed by atoms with Gasteiger partial charge in [0.05, 0.1) is 6.04 Å². The fourth-order valence-electron chi connectivity index (χ4n) is 2.48. The number of rotatable bonds is 2. The van der Waals surface area contributed by atoms with Crippen molar-refractivity contribution in [1.82, 2.24) is 5.01 Å². The Bertz CT molecular complexity index is 703. The number of aryl methyl sites for hydroxylation is 1. The minimum absolute atomic E-state index is 0.0896. The first-order valence-corrected chi connectivity index (χ1v) is 7.12. The summed E-state index contributed by atoms with van der Waals surface area (Å²) in [5.74, 6) is 1.46. The molecule has 3 rings (SSSR count). The van der Waals surface area contributed by atoms with Crippen LogP contribution in [-0.4, -0.2) is 16.6 Å². The third kappa shape index (κ3) is 2.72. The maximum absolute atomic E-state index is 11.8. The number of hydrazone groups is 1. The summed E-state index contributed by atoms with van der Waals surface area (Å²) in [5, 5.41) is 6.61. The van der Waals surface area contributed by atoms with Gasteiger partial charge in [0.2, 0.25) is 5.91 Å². The van der Waals surface area contributed by atoms with Gasteiger partial charge in [-0.1, -0.05) is 23.7 Å². The first kappa shape index (κ1) is 13.9. The average Bonchev–Trinajstić information content (AvgIpc) is 3.05. The van der Waals surface area contributed by atoms with Crippen LogP contribution in [-0.2, 0) is 4.79 Å². The summed E-state index contributed by atoms with van der Waals surface area (Å²) >= 11 is 5.92. The number of nitrogens with zero attached hydrogens (tertiary/aromatic N) is 2. The van der Waals surface area contributed by atoms with E-state index < -0.39 is 0 Å². The van der Waals surface area contributed by atoms with Crippen molar-refractivity contribution in [3.05, 3.63) is 58.5 Å². The first-order chi connectivity index (χ1) is 10.0. The van der Waals surface area contributed by atoms with Crippen LogP contribution in [0, 0.1) is 6.92 Å². The van der Waals surface area contributed by atoms with Gasteiger partial charge >= 0.3 is 0 Å². The van der Waals surface area contributed by atoms with Gasteiger partial charge in [0.15, 0.2) is 0 Å². The van der Waals surface area contributed by atoms with Crippen molar-refractivity contribution in [3.63, 3.8) is 0 Å². The highest BCUT2D eigenvalue weighted by Crippen LogP contribution is 2.33. The first-order valence-electron chi connectivity index (χ1n) is 6.74. The molecule has 1 amide bonds. The largest absolute Gasteiger partial charge is 0.460 e. The normalized spacial score (nSPS) is 18.0. The van der Waals surface area contributed by atoms with Crippen LogP contribution in [0.3, 0.4) is 0 Å². The second-order valence-electron chi connectivity index (χ2n) is 5.09. The molecule has 0 N–H and O–H groups in total. The van der Waals surface area contributed by atoms with E-state index in [4.69, 9.17) is 16.0 Å². The predicted molar refractivity (Wildman–Crippen MR) is 81.3 cm³/mol. The molecule has 2 heterocycles. The van der Waals surface area contributed by atoms with Crippen LogP contribution in [0.2, 0.25) is 5.02 Å². The number of hydrogen-bond acceptors (Lipinski definition) is 3. The van der Waals surface area contributed by atoms with Crippen LogP contribution >= 0.6 is 11.6 Å². The second kappa shape index (κ2) is 5.37. The molecule has 0 bridgehead atoms. The van der Waals surface area contributed by atoms with Crippen LogP contribution in [0.4, 0.5) is 0 Å². The summed E-state index contributed by atoms with van der Waals surface area (Å²) in [6.45, 7) is 3.40. The van der Waals surface area contributed by atoms with Crippen molar-refractivity contribution < 1.29 is 9.21 Å². The molecule has 21 heavy (non-hydrogen) atoms. The number of hydrogen-bond donors (Lipinski definition) is 0. The summed E-state index contributed by atoms with van der Waals surface area (Å²) in [6, 6.07) is 11.2. The van der Waals surface area contributed by atoms with Crippen molar-refractivity contribution in [3.8, 4) is 0 Å². The average molecular weight is 303 g/mol. The highest BCUT2D eigenvalue weighted by molar-refractivity contribution is 6.30. The summed E-state index contributed by atoms with van der Waals surface area (Å²) in [6.07, 6.45) is 0.633. The summed E-state index contributed by atoms with van der Waals surface area (Å²) in [7, 11) is 0. The van der Waals surface area contributed by atoms with Gasteiger partial charge in [0.25, 0.3) is 0 Å². The van der Waals surface area contributed by atoms with Gasteiger partial charge in [-0.25, -0.2) is 5.01 Å². The van der Waals surface area contributed by atoms with Crippen LogP contribution in [0.1, 0.15) is 36.5 Å². The monoisotopic (exact) mass is 302 g/mol. The lowest BCUT2D eigenvalue weighted by molar-refractivity contribution is -0.130. The number of furan rings is 1. The lowest BCUT2D eigenvalue weighted by Crippen LogP contribution is -2.24. The standard InChI is InChI=1S/C16H15ClN2O2/c1-10-3-8-16(21-10)14-9-15(19(18-14)11(2)20)12-4-6-13(17)7-5-12/h3-8,15H,9H2,1-2H3/t15-/m1/s1. The van der Waals surface area contributed by atoms with Crippen LogP contribution in [0.25, 0.3) is 0 Å². The maximum Gasteiger partial charge on any atom is 0.240 e. The number of carbonyl (C=O) groups excluding carboxylic acids is 1. The SMILES string of the molecule is CC(=O)N1N=C(c2ccc(C)o2)C[C@@H]1c1ccc(Cl)cc1. The molecule has 5 heteroatoms. The Balaban J connectivity index is 1.93. The quantitative estimate of drug-likeness (QED) is 0.843. The lowest BCUT2D eigenvalue weighted by atomic mass is 10.0. The smallest absolute Gasteiger partial charge is 0.240 e. The van der Waals surface area contributed by atoms with Gasteiger partial charge in [-0.3, -0.25) is 4.79 Å². The molecule has 2 aromatic rings. The van der Waals surface area contributed by atoms with E-state index in [1.165, 1.54) is 11.9 Å². The third-order valence-electron chi connectivity index (χ3n) is 3.51. The van der Waals surface area contributed by atoms with Gasteiger partial charge in [-0.15, -0.1) is 0 Å². The Morgan fingerprint density at radius 1 is 1.29 bits per heavy atom. The molecular weight excluding hydrogens is 288 g/mol. The zero-order valence-corrected chi connectivity index (χ0v) is 12.6. The molecule has 1 aliphatic rings. The minimum Gasteiger partial charge on any atom is -0.460 e. The van der Waals surface area contributed by atoms with Crippen LogP contribution < -0.4 is 0 Å². The number of carbonyl (C=O) groups is 1. The van der Waals surface area contributed by atoms with Crippen LogP contribution in [0.15, 0.2) is 45.9 Å². The van der Waals surface area contributed by atoms with E-state index in [0.717, 1.165) is 22.8 Å². The molecule has 0 saturated carbocycles. The number of benzene rings is 1. The summed E-state index contributed by atoms with van der Waals surface area (Å²) < 4.78 is 5.61. The molecule has 0 fully saturated rings. The topological polar surface area (TPSA) is 45.8 Å². The third-order valence-corrected chi connectivity index (χ3v) is 3.76. The van der Waals surface area contributed by atoms with E-state index in [0.29, 0.717) is 11.4 Å². The van der Waals surface area contributed by atoms with Gasteiger partial charge in [0, 0.05) is 18.4 Å². The summed E-state index contributed by atoms with van der Waals surface area (Å²) in [5.41, 5.74) is 1.80. The van der Waals surface area contributed by atoms with Crippen molar-refractivity contribution in [2.45, 2.75) is 26.3 Å². The molecule has 1 aliphatic heterocycles. The Kier molecular flexibility index (Phi) is 3.55. The Morgan fingerprint density at radius 2 is 2.00 bits per heavy atom. The zero-order chi connectivity index (χ0) is 15.0. The van der Waals surface area contributed by atoms with Gasteiger partial charge in [0.1, 0.15) is 17.2 Å². The molecular formula is C16H15ClN2O2. The molecule has 1 atom stereocenters. The lowest BCUT2D eigenvalue weighted by Gasteiger charge is -2.20. The Morgan fingerprint density at radius 3 is 2.57 bits per heavy atom. The van der Waals surface area contributed by atoms with Crippen LogP contribution in [0.5, 0.6) is 0 Å². The zero-order valence-electron chi connectivity index (χ0n) is 11.8. The van der Waals surface area contributed by atoms with Crippen molar-refractivity contribution >= 4 is 23.2 Å². The van der Waals surface area contributed by atoms with Gasteiger partial charge < -0.3 is 4.42 Å².